The van der Waals surface area contributed by atoms with Gasteiger partial charge in [0.2, 0.25) is 5.75 Å². The lowest BCUT2D eigenvalue weighted by Gasteiger charge is -2.10. The first-order valence-corrected chi connectivity index (χ1v) is 6.10. The number of benzene rings is 2. The van der Waals surface area contributed by atoms with Gasteiger partial charge in [-0.25, -0.2) is 4.79 Å². The van der Waals surface area contributed by atoms with E-state index in [0.29, 0.717) is 27.7 Å². The first-order chi connectivity index (χ1) is 10.1. The molecule has 0 spiro atoms. The molecule has 0 amide bonds. The molecule has 6 nitrogen and oxygen atoms in total. The molecule has 0 unspecified atom stereocenters. The van der Waals surface area contributed by atoms with Gasteiger partial charge in [-0.3, -0.25) is 0 Å². The first kappa shape index (κ1) is 13.1. The van der Waals surface area contributed by atoms with E-state index in [9.17, 15) is 15.0 Å². The van der Waals surface area contributed by atoms with E-state index in [1.807, 2.05) is 0 Å². The van der Waals surface area contributed by atoms with E-state index in [4.69, 9.17) is 13.9 Å². The molecule has 21 heavy (non-hydrogen) atoms. The van der Waals surface area contributed by atoms with Gasteiger partial charge in [0.25, 0.3) is 0 Å². The van der Waals surface area contributed by atoms with Gasteiger partial charge in [-0.15, -0.1) is 0 Å². The molecule has 3 aromatic rings. The summed E-state index contributed by atoms with van der Waals surface area (Å²) in [7, 11) is 2.96. The van der Waals surface area contributed by atoms with Crippen molar-refractivity contribution in [3.05, 3.63) is 34.7 Å². The number of phenols is 2. The first-order valence-electron chi connectivity index (χ1n) is 6.10. The quantitative estimate of drug-likeness (QED) is 0.427. The molecule has 0 fully saturated rings. The van der Waals surface area contributed by atoms with E-state index in [2.05, 4.69) is 0 Å². The van der Waals surface area contributed by atoms with Gasteiger partial charge in [-0.05, 0) is 24.3 Å². The lowest BCUT2D eigenvalue weighted by Crippen LogP contribution is -2.01. The number of hydrogen-bond donors (Lipinski definition) is 2. The van der Waals surface area contributed by atoms with Crippen molar-refractivity contribution in [2.24, 2.45) is 0 Å². The van der Waals surface area contributed by atoms with Crippen LogP contribution < -0.4 is 15.1 Å². The van der Waals surface area contributed by atoms with Gasteiger partial charge < -0.3 is 24.1 Å². The van der Waals surface area contributed by atoms with Gasteiger partial charge >= 0.3 is 5.63 Å². The maximum absolute atomic E-state index is 12.1. The van der Waals surface area contributed by atoms with Crippen molar-refractivity contribution in [2.45, 2.75) is 0 Å². The second-order valence-corrected chi connectivity index (χ2v) is 4.45. The van der Waals surface area contributed by atoms with Crippen LogP contribution in [0.2, 0.25) is 0 Å². The summed E-state index contributed by atoms with van der Waals surface area (Å²) >= 11 is 0. The predicted octanol–water partition coefficient (Wildman–Crippen LogP) is 2.37. The van der Waals surface area contributed by atoms with Crippen LogP contribution in [0.5, 0.6) is 23.0 Å². The summed E-state index contributed by atoms with van der Waals surface area (Å²) < 4.78 is 15.5. The Morgan fingerprint density at radius 3 is 2.19 bits per heavy atom. The third-order valence-corrected chi connectivity index (χ3v) is 3.34. The largest absolute Gasteiger partial charge is 0.504 e. The number of ether oxygens (including phenoxy) is 2. The normalized spacial score (nSPS) is 11.0. The predicted molar refractivity (Wildman–Crippen MR) is 76.4 cm³/mol. The lowest BCUT2D eigenvalue weighted by molar-refractivity contribution is 0.355. The smallest absolute Gasteiger partial charge is 0.344 e. The molecule has 1 aromatic heterocycles. The Morgan fingerprint density at radius 2 is 1.57 bits per heavy atom. The van der Waals surface area contributed by atoms with Crippen LogP contribution in [0.3, 0.4) is 0 Å². The van der Waals surface area contributed by atoms with Crippen molar-refractivity contribution in [3.8, 4) is 23.0 Å². The molecule has 0 atom stereocenters. The number of methoxy groups -OCH3 is 2. The van der Waals surface area contributed by atoms with Gasteiger partial charge in [0, 0.05) is 10.8 Å². The second kappa shape index (κ2) is 4.59. The Balaban J connectivity index is 2.55. The molecule has 0 aliphatic carbocycles. The summed E-state index contributed by atoms with van der Waals surface area (Å²) in [5.41, 5.74) is -0.709. The van der Waals surface area contributed by atoms with E-state index in [0.717, 1.165) is 0 Å². The number of phenolic OH excluding ortho intramolecular Hbond substituents is 2. The van der Waals surface area contributed by atoms with Gasteiger partial charge in [0.15, 0.2) is 22.8 Å². The van der Waals surface area contributed by atoms with E-state index >= 15 is 0 Å². The van der Waals surface area contributed by atoms with Crippen LogP contribution >= 0.6 is 0 Å². The number of aromatic hydroxyl groups is 2. The zero-order chi connectivity index (χ0) is 15.1. The molecule has 3 rings (SSSR count). The number of hydrogen-bond acceptors (Lipinski definition) is 6. The van der Waals surface area contributed by atoms with Crippen LogP contribution in [-0.4, -0.2) is 24.4 Å². The zero-order valence-corrected chi connectivity index (χ0v) is 11.3. The lowest BCUT2D eigenvalue weighted by atomic mass is 10.1. The molecule has 0 aliphatic heterocycles. The molecule has 0 radical (unpaired) electrons. The van der Waals surface area contributed by atoms with Crippen LogP contribution in [0.25, 0.3) is 21.7 Å². The highest BCUT2D eigenvalue weighted by Crippen LogP contribution is 2.38. The van der Waals surface area contributed by atoms with Gasteiger partial charge in [0.05, 0.1) is 19.6 Å². The van der Waals surface area contributed by atoms with Gasteiger partial charge in [-0.1, -0.05) is 0 Å². The van der Waals surface area contributed by atoms with Crippen LogP contribution in [0.1, 0.15) is 0 Å². The van der Waals surface area contributed by atoms with E-state index in [1.54, 1.807) is 12.1 Å². The summed E-state index contributed by atoms with van der Waals surface area (Å²) in [6, 6.07) is 6.03. The third kappa shape index (κ3) is 1.84. The molecule has 108 valence electrons. The summed E-state index contributed by atoms with van der Waals surface area (Å²) in [5, 5.41) is 20.7. The Labute approximate surface area is 118 Å². The monoisotopic (exact) mass is 288 g/mol. The SMILES string of the molecule is COc1cc2c(=O)oc3c(O)c(O)ccc3c2cc1OC. The minimum atomic E-state index is -0.639. The minimum absolute atomic E-state index is 0.0697. The highest BCUT2D eigenvalue weighted by atomic mass is 16.5. The molecule has 0 saturated carbocycles. The van der Waals surface area contributed by atoms with Gasteiger partial charge in [0.1, 0.15) is 0 Å². The summed E-state index contributed by atoms with van der Waals surface area (Å²) in [6.07, 6.45) is 0. The van der Waals surface area contributed by atoms with Crippen LogP contribution in [0.15, 0.2) is 33.5 Å². The standard InChI is InChI=1S/C15H12O6/c1-19-11-5-8-7-3-4-10(16)13(17)14(7)21-15(18)9(8)6-12(11)20-2/h3-6,16-17H,1-2H3. The molecule has 2 aromatic carbocycles. The summed E-state index contributed by atoms with van der Waals surface area (Å²) in [4.78, 5) is 12.1. The molecule has 0 bridgehead atoms. The second-order valence-electron chi connectivity index (χ2n) is 4.45. The average molecular weight is 288 g/mol. The highest BCUT2D eigenvalue weighted by molar-refractivity contribution is 6.07. The molecular formula is C15H12O6. The van der Waals surface area contributed by atoms with E-state index in [-0.39, 0.29) is 11.3 Å². The highest BCUT2D eigenvalue weighted by Gasteiger charge is 2.16. The van der Waals surface area contributed by atoms with Crippen molar-refractivity contribution in [3.63, 3.8) is 0 Å². The molecular weight excluding hydrogens is 276 g/mol. The topological polar surface area (TPSA) is 89.1 Å². The Kier molecular flexibility index (Phi) is 2.86. The van der Waals surface area contributed by atoms with Crippen molar-refractivity contribution in [1.82, 2.24) is 0 Å². The van der Waals surface area contributed by atoms with Crippen molar-refractivity contribution >= 4 is 21.7 Å². The molecule has 0 saturated heterocycles. The number of rotatable bonds is 2. The van der Waals surface area contributed by atoms with Crippen molar-refractivity contribution in [2.75, 3.05) is 14.2 Å². The molecule has 1 heterocycles. The maximum atomic E-state index is 12.1. The van der Waals surface area contributed by atoms with E-state index in [1.165, 1.54) is 26.4 Å². The molecule has 0 aliphatic rings. The number of fused-ring (bicyclic) bond motifs is 3. The fourth-order valence-electron chi connectivity index (χ4n) is 2.29. The van der Waals surface area contributed by atoms with Crippen LogP contribution in [0, 0.1) is 0 Å². The fourth-order valence-corrected chi connectivity index (χ4v) is 2.29. The van der Waals surface area contributed by atoms with Crippen LogP contribution in [-0.2, 0) is 0 Å². The van der Waals surface area contributed by atoms with Crippen molar-refractivity contribution in [1.29, 1.82) is 0 Å². The molecule has 2 N–H and O–H groups in total. The summed E-state index contributed by atoms with van der Waals surface area (Å²) in [6.45, 7) is 0. The Morgan fingerprint density at radius 1 is 0.952 bits per heavy atom. The maximum Gasteiger partial charge on any atom is 0.344 e. The fraction of sp³-hybridized carbons (Fsp3) is 0.133. The summed E-state index contributed by atoms with van der Waals surface area (Å²) in [5.74, 6) is 0.0240. The molecule has 6 heteroatoms. The minimum Gasteiger partial charge on any atom is -0.504 e. The zero-order valence-electron chi connectivity index (χ0n) is 11.3. The van der Waals surface area contributed by atoms with E-state index < -0.39 is 11.4 Å². The average Bonchev–Trinajstić information content (AvgIpc) is 2.50. The van der Waals surface area contributed by atoms with Gasteiger partial charge in [-0.2, -0.15) is 0 Å². The van der Waals surface area contributed by atoms with Crippen molar-refractivity contribution < 1.29 is 24.1 Å². The van der Waals surface area contributed by atoms with Crippen LogP contribution in [0.4, 0.5) is 0 Å². The Bertz CT molecular complexity index is 910. The third-order valence-electron chi connectivity index (χ3n) is 3.34. The Hall–Kier alpha value is -2.89.